The van der Waals surface area contributed by atoms with Gasteiger partial charge in [-0.05, 0) is 48.4 Å². The number of hydrogen-bond acceptors (Lipinski definition) is 4. The van der Waals surface area contributed by atoms with Crippen LogP contribution in [-0.2, 0) is 9.53 Å². The molecule has 5 heteroatoms. The molecule has 1 fully saturated rings. The smallest absolute Gasteiger partial charge is 0.266 e. The quantitative estimate of drug-likeness (QED) is 0.680. The Morgan fingerprint density at radius 3 is 2.50 bits per heavy atom. The van der Waals surface area contributed by atoms with Gasteiger partial charge >= 0.3 is 0 Å². The van der Waals surface area contributed by atoms with Gasteiger partial charge in [0.25, 0.3) is 5.91 Å². The lowest BCUT2D eigenvalue weighted by atomic mass is 10.1. The molecule has 1 heterocycles. The third-order valence-corrected chi connectivity index (χ3v) is 4.35. The minimum absolute atomic E-state index is 0.0801. The van der Waals surface area contributed by atoms with Gasteiger partial charge in [-0.2, -0.15) is 5.26 Å². The van der Waals surface area contributed by atoms with Crippen LogP contribution in [0.3, 0.4) is 0 Å². The molecule has 0 aliphatic carbocycles. The van der Waals surface area contributed by atoms with E-state index in [9.17, 15) is 10.1 Å². The third-order valence-electron chi connectivity index (χ3n) is 4.35. The summed E-state index contributed by atoms with van der Waals surface area (Å²) in [6.45, 7) is 5.14. The normalized spacial score (nSPS) is 14.6. The number of benzene rings is 2. The van der Waals surface area contributed by atoms with Gasteiger partial charge in [0.05, 0.1) is 13.2 Å². The van der Waals surface area contributed by atoms with Crippen LogP contribution in [0.25, 0.3) is 6.08 Å². The van der Waals surface area contributed by atoms with Gasteiger partial charge in [0.1, 0.15) is 11.6 Å². The van der Waals surface area contributed by atoms with Gasteiger partial charge < -0.3 is 15.0 Å². The van der Waals surface area contributed by atoms with Crippen molar-refractivity contribution < 1.29 is 9.53 Å². The zero-order valence-corrected chi connectivity index (χ0v) is 14.7. The molecule has 1 amide bonds. The first-order chi connectivity index (χ1) is 12.7. The highest BCUT2D eigenvalue weighted by molar-refractivity contribution is 6.09. The number of morpholine rings is 1. The molecule has 0 unspecified atom stereocenters. The van der Waals surface area contributed by atoms with E-state index in [1.165, 1.54) is 0 Å². The number of amides is 1. The highest BCUT2D eigenvalue weighted by Gasteiger charge is 2.13. The maximum absolute atomic E-state index is 12.4. The van der Waals surface area contributed by atoms with Crippen molar-refractivity contribution in [1.82, 2.24) is 0 Å². The number of nitriles is 1. The van der Waals surface area contributed by atoms with E-state index >= 15 is 0 Å². The molecule has 1 saturated heterocycles. The molecule has 0 spiro atoms. The summed E-state index contributed by atoms with van der Waals surface area (Å²) in [5, 5.41) is 12.1. The second-order valence-corrected chi connectivity index (χ2v) is 6.13. The minimum atomic E-state index is -0.408. The van der Waals surface area contributed by atoms with Gasteiger partial charge in [-0.25, -0.2) is 0 Å². The molecule has 2 aromatic rings. The summed E-state index contributed by atoms with van der Waals surface area (Å²) in [7, 11) is 0. The number of nitrogens with zero attached hydrogens (tertiary/aromatic N) is 2. The Balaban J connectivity index is 1.70. The Bertz CT molecular complexity index is 844. The average molecular weight is 347 g/mol. The van der Waals surface area contributed by atoms with E-state index in [2.05, 4.69) is 10.2 Å². The van der Waals surface area contributed by atoms with Gasteiger partial charge in [0.2, 0.25) is 0 Å². The van der Waals surface area contributed by atoms with E-state index in [1.54, 1.807) is 6.08 Å². The standard InChI is InChI=1S/C21H21N3O2/c1-16-4-2-3-5-17(16)14-18(15-22)21(25)23-19-6-8-20(9-7-19)24-10-12-26-13-11-24/h2-9,14H,10-13H2,1H3,(H,23,25)/b18-14+. The Morgan fingerprint density at radius 2 is 1.85 bits per heavy atom. The number of carbonyl (C=O) groups is 1. The van der Waals surface area contributed by atoms with Crippen molar-refractivity contribution in [3.8, 4) is 6.07 Å². The van der Waals surface area contributed by atoms with Crippen LogP contribution in [0.5, 0.6) is 0 Å². The second-order valence-electron chi connectivity index (χ2n) is 6.13. The molecule has 1 N–H and O–H groups in total. The fourth-order valence-corrected chi connectivity index (χ4v) is 2.83. The van der Waals surface area contributed by atoms with Crippen molar-refractivity contribution in [3.63, 3.8) is 0 Å². The van der Waals surface area contributed by atoms with Crippen molar-refractivity contribution in [2.75, 3.05) is 36.5 Å². The van der Waals surface area contributed by atoms with Crippen LogP contribution in [-0.4, -0.2) is 32.2 Å². The Labute approximate surface area is 153 Å². The molecule has 5 nitrogen and oxygen atoms in total. The average Bonchev–Trinajstić information content (AvgIpc) is 2.68. The molecule has 0 atom stereocenters. The van der Waals surface area contributed by atoms with Crippen LogP contribution < -0.4 is 10.2 Å². The van der Waals surface area contributed by atoms with Crippen LogP contribution in [0.4, 0.5) is 11.4 Å². The zero-order chi connectivity index (χ0) is 18.4. The van der Waals surface area contributed by atoms with E-state index in [1.807, 2.05) is 61.5 Å². The summed E-state index contributed by atoms with van der Waals surface area (Å²) in [5.41, 5.74) is 3.72. The second kappa shape index (κ2) is 8.32. The highest BCUT2D eigenvalue weighted by atomic mass is 16.5. The number of rotatable bonds is 4. The summed E-state index contributed by atoms with van der Waals surface area (Å²) in [6, 6.07) is 17.3. The summed E-state index contributed by atoms with van der Waals surface area (Å²) < 4.78 is 5.36. The van der Waals surface area contributed by atoms with Crippen molar-refractivity contribution >= 4 is 23.4 Å². The van der Waals surface area contributed by atoms with Gasteiger partial charge in [0, 0.05) is 24.5 Å². The molecule has 26 heavy (non-hydrogen) atoms. The van der Waals surface area contributed by atoms with E-state index in [-0.39, 0.29) is 5.57 Å². The molecule has 0 radical (unpaired) electrons. The van der Waals surface area contributed by atoms with Crippen LogP contribution in [0.2, 0.25) is 0 Å². The lowest BCUT2D eigenvalue weighted by Gasteiger charge is -2.28. The summed E-state index contributed by atoms with van der Waals surface area (Å²) in [5.74, 6) is -0.408. The number of ether oxygens (including phenoxy) is 1. The Hall–Kier alpha value is -3.10. The predicted molar refractivity (Wildman–Crippen MR) is 103 cm³/mol. The van der Waals surface area contributed by atoms with Gasteiger partial charge in [-0.3, -0.25) is 4.79 Å². The number of carbonyl (C=O) groups excluding carboxylic acids is 1. The molecule has 3 rings (SSSR count). The molecule has 0 bridgehead atoms. The summed E-state index contributed by atoms with van der Waals surface area (Å²) in [4.78, 5) is 14.7. The van der Waals surface area contributed by atoms with Gasteiger partial charge in [-0.15, -0.1) is 0 Å². The number of anilines is 2. The molecular weight excluding hydrogens is 326 g/mol. The van der Waals surface area contributed by atoms with Crippen molar-refractivity contribution in [1.29, 1.82) is 5.26 Å². The third kappa shape index (κ3) is 4.29. The predicted octanol–water partition coefficient (Wildman–Crippen LogP) is 3.38. The largest absolute Gasteiger partial charge is 0.378 e. The van der Waals surface area contributed by atoms with Crippen LogP contribution >= 0.6 is 0 Å². The van der Waals surface area contributed by atoms with E-state index in [4.69, 9.17) is 4.74 Å². The van der Waals surface area contributed by atoms with E-state index in [0.29, 0.717) is 5.69 Å². The fraction of sp³-hybridized carbons (Fsp3) is 0.238. The SMILES string of the molecule is Cc1ccccc1/C=C(\C#N)C(=O)Nc1ccc(N2CCOCC2)cc1. The Morgan fingerprint density at radius 1 is 1.15 bits per heavy atom. The molecule has 1 aliphatic rings. The molecule has 132 valence electrons. The topological polar surface area (TPSA) is 65.4 Å². The maximum Gasteiger partial charge on any atom is 0.266 e. The van der Waals surface area contributed by atoms with Crippen LogP contribution in [0.15, 0.2) is 54.1 Å². The molecule has 0 aromatic heterocycles. The molecular formula is C21H21N3O2. The first-order valence-electron chi connectivity index (χ1n) is 8.59. The fourth-order valence-electron chi connectivity index (χ4n) is 2.83. The lowest BCUT2D eigenvalue weighted by Crippen LogP contribution is -2.36. The van der Waals surface area contributed by atoms with E-state index < -0.39 is 5.91 Å². The summed E-state index contributed by atoms with van der Waals surface area (Å²) >= 11 is 0. The number of nitrogens with one attached hydrogen (secondary N) is 1. The highest BCUT2D eigenvalue weighted by Crippen LogP contribution is 2.20. The first-order valence-corrected chi connectivity index (χ1v) is 8.59. The molecule has 0 saturated carbocycles. The molecule has 2 aromatic carbocycles. The van der Waals surface area contributed by atoms with E-state index in [0.717, 1.165) is 43.1 Å². The van der Waals surface area contributed by atoms with Crippen molar-refractivity contribution in [2.24, 2.45) is 0 Å². The molecule has 1 aliphatic heterocycles. The zero-order valence-electron chi connectivity index (χ0n) is 14.7. The van der Waals surface area contributed by atoms with Crippen molar-refractivity contribution in [2.45, 2.75) is 6.92 Å². The van der Waals surface area contributed by atoms with Crippen LogP contribution in [0, 0.1) is 18.3 Å². The lowest BCUT2D eigenvalue weighted by molar-refractivity contribution is -0.112. The van der Waals surface area contributed by atoms with Crippen molar-refractivity contribution in [3.05, 3.63) is 65.2 Å². The minimum Gasteiger partial charge on any atom is -0.378 e. The first kappa shape index (κ1) is 17.7. The Kier molecular flexibility index (Phi) is 5.67. The number of hydrogen-bond donors (Lipinski definition) is 1. The number of aryl methyl sites for hydroxylation is 1. The van der Waals surface area contributed by atoms with Gasteiger partial charge in [0.15, 0.2) is 0 Å². The van der Waals surface area contributed by atoms with Crippen LogP contribution in [0.1, 0.15) is 11.1 Å². The summed E-state index contributed by atoms with van der Waals surface area (Å²) in [6.07, 6.45) is 1.62. The van der Waals surface area contributed by atoms with Gasteiger partial charge in [-0.1, -0.05) is 24.3 Å². The maximum atomic E-state index is 12.4. The monoisotopic (exact) mass is 347 g/mol.